The molecule has 7 heteroatoms. The number of hydrazine groups is 1. The number of nitrogens with one attached hydrogen (secondary N) is 1. The van der Waals surface area contributed by atoms with Crippen LogP contribution in [0.4, 0.5) is 0 Å². The van der Waals surface area contributed by atoms with Gasteiger partial charge in [0.25, 0.3) is 5.91 Å². The highest BCUT2D eigenvalue weighted by Gasteiger charge is 2.04. The maximum absolute atomic E-state index is 10.8. The number of nitrogens with two attached hydrogens (primary N) is 1. The molecule has 0 radical (unpaired) electrons. The van der Waals surface area contributed by atoms with Crippen LogP contribution in [0.5, 0.6) is 5.75 Å². The highest BCUT2D eigenvalue weighted by Crippen LogP contribution is 2.08. The monoisotopic (exact) mass is 315 g/mol. The summed E-state index contributed by atoms with van der Waals surface area (Å²) in [6, 6.07) is 10.6. The molecule has 0 atom stereocenters. The third-order valence-electron chi connectivity index (χ3n) is 2.73. The molecule has 0 aliphatic rings. The van der Waals surface area contributed by atoms with Crippen molar-refractivity contribution in [2.45, 2.75) is 13.8 Å². The van der Waals surface area contributed by atoms with Crippen LogP contribution in [0.15, 0.2) is 42.5 Å². The van der Waals surface area contributed by atoms with E-state index in [-0.39, 0.29) is 23.2 Å². The van der Waals surface area contributed by atoms with Gasteiger partial charge in [-0.1, -0.05) is 6.07 Å². The molecule has 1 amide bonds. The minimum atomic E-state index is -0.370. The molecule has 0 bridgehead atoms. The van der Waals surface area contributed by atoms with Gasteiger partial charge >= 0.3 is 0 Å². The Morgan fingerprint density at radius 3 is 1.83 bits per heavy atom. The molecule has 0 aliphatic carbocycles. The molecule has 0 aliphatic heterocycles. The van der Waals surface area contributed by atoms with E-state index in [4.69, 9.17) is 10.9 Å². The SMILES string of the molecule is CC(=O)c1cccc(C(C)=O)n1.NNC(=O)c1ccc(O)cc1. The number of hydrogen-bond acceptors (Lipinski definition) is 6. The van der Waals surface area contributed by atoms with Gasteiger partial charge in [-0.15, -0.1) is 0 Å². The minimum Gasteiger partial charge on any atom is -0.508 e. The van der Waals surface area contributed by atoms with Gasteiger partial charge in [0, 0.05) is 19.4 Å². The largest absolute Gasteiger partial charge is 0.508 e. The van der Waals surface area contributed by atoms with Gasteiger partial charge in [0.1, 0.15) is 17.1 Å². The topological polar surface area (TPSA) is 122 Å². The zero-order chi connectivity index (χ0) is 17.4. The number of pyridine rings is 1. The summed E-state index contributed by atoms with van der Waals surface area (Å²) in [7, 11) is 0. The second kappa shape index (κ2) is 8.40. The molecular formula is C16H17N3O4. The molecule has 0 saturated heterocycles. The first-order chi connectivity index (χ1) is 10.8. The standard InChI is InChI=1S/C9H9NO2.C7H8N2O2/c1-6(11)8-4-3-5-9(10-8)7(2)12;8-9-7(11)5-1-3-6(10)4-2-5/h3-5H,1-2H3;1-4,10H,8H2,(H,9,11). The fourth-order valence-electron chi connectivity index (χ4n) is 1.52. The summed E-state index contributed by atoms with van der Waals surface area (Å²) >= 11 is 0. The molecule has 1 heterocycles. The first-order valence-electron chi connectivity index (χ1n) is 6.64. The van der Waals surface area contributed by atoms with Gasteiger partial charge in [-0.2, -0.15) is 0 Å². The number of nitrogen functional groups attached to an aromatic ring is 1. The van der Waals surface area contributed by atoms with E-state index in [0.717, 1.165) is 0 Å². The van der Waals surface area contributed by atoms with Crippen LogP contribution in [0.3, 0.4) is 0 Å². The molecule has 7 nitrogen and oxygen atoms in total. The van der Waals surface area contributed by atoms with E-state index in [1.165, 1.54) is 38.1 Å². The minimum absolute atomic E-state index is 0.124. The van der Waals surface area contributed by atoms with Crippen molar-refractivity contribution in [1.82, 2.24) is 10.4 Å². The lowest BCUT2D eigenvalue weighted by Gasteiger charge is -1.97. The molecule has 1 aromatic carbocycles. The predicted molar refractivity (Wildman–Crippen MR) is 84.0 cm³/mol. The number of amides is 1. The molecule has 23 heavy (non-hydrogen) atoms. The van der Waals surface area contributed by atoms with Crippen LogP contribution < -0.4 is 11.3 Å². The Bertz CT molecular complexity index is 682. The molecule has 1 aromatic heterocycles. The summed E-state index contributed by atoms with van der Waals surface area (Å²) < 4.78 is 0. The Hall–Kier alpha value is -3.06. The lowest BCUT2D eigenvalue weighted by atomic mass is 10.2. The Kier molecular flexibility index (Phi) is 6.57. The average Bonchev–Trinajstić information content (AvgIpc) is 2.55. The van der Waals surface area contributed by atoms with Crippen molar-refractivity contribution in [3.63, 3.8) is 0 Å². The van der Waals surface area contributed by atoms with E-state index in [0.29, 0.717) is 17.0 Å². The number of Topliss-reactive ketones (excluding diaryl/α,β-unsaturated/α-hetero) is 2. The smallest absolute Gasteiger partial charge is 0.265 e. The van der Waals surface area contributed by atoms with E-state index < -0.39 is 0 Å². The van der Waals surface area contributed by atoms with Crippen molar-refractivity contribution in [3.8, 4) is 5.75 Å². The van der Waals surface area contributed by atoms with Crippen LogP contribution in [0.25, 0.3) is 0 Å². The fraction of sp³-hybridized carbons (Fsp3) is 0.125. The van der Waals surface area contributed by atoms with E-state index in [9.17, 15) is 14.4 Å². The van der Waals surface area contributed by atoms with Crippen LogP contribution in [-0.4, -0.2) is 27.6 Å². The third kappa shape index (κ3) is 5.68. The van der Waals surface area contributed by atoms with Gasteiger partial charge in [0.05, 0.1) is 0 Å². The van der Waals surface area contributed by atoms with Crippen LogP contribution in [0.1, 0.15) is 45.2 Å². The van der Waals surface area contributed by atoms with Crippen LogP contribution in [-0.2, 0) is 0 Å². The van der Waals surface area contributed by atoms with Crippen molar-refractivity contribution in [2.75, 3.05) is 0 Å². The van der Waals surface area contributed by atoms with Crippen molar-refractivity contribution in [3.05, 3.63) is 59.4 Å². The first-order valence-corrected chi connectivity index (χ1v) is 6.64. The van der Waals surface area contributed by atoms with Crippen LogP contribution in [0, 0.1) is 0 Å². The molecule has 0 spiro atoms. The number of carbonyl (C=O) groups excluding carboxylic acids is 3. The summed E-state index contributed by atoms with van der Waals surface area (Å²) in [5, 5.41) is 8.85. The normalized spacial score (nSPS) is 9.35. The quantitative estimate of drug-likeness (QED) is 0.341. The molecule has 120 valence electrons. The van der Waals surface area contributed by atoms with Gasteiger partial charge in [-0.25, -0.2) is 10.8 Å². The second-order valence-corrected chi connectivity index (χ2v) is 4.54. The van der Waals surface area contributed by atoms with Crippen molar-refractivity contribution in [1.29, 1.82) is 0 Å². The third-order valence-corrected chi connectivity index (χ3v) is 2.73. The first kappa shape index (κ1) is 18.0. The number of aromatic hydroxyl groups is 1. The summed E-state index contributed by atoms with van der Waals surface area (Å²) in [5.41, 5.74) is 3.07. The van der Waals surface area contributed by atoms with E-state index in [2.05, 4.69) is 4.98 Å². The second-order valence-electron chi connectivity index (χ2n) is 4.54. The predicted octanol–water partition coefficient (Wildman–Crippen LogP) is 1.48. The van der Waals surface area contributed by atoms with Gasteiger partial charge in [-0.3, -0.25) is 19.8 Å². The van der Waals surface area contributed by atoms with Gasteiger partial charge < -0.3 is 5.11 Å². The maximum atomic E-state index is 10.8. The summed E-state index contributed by atoms with van der Waals surface area (Å²) in [6.07, 6.45) is 0. The number of nitrogens with zero attached hydrogens (tertiary/aromatic N) is 1. The molecule has 0 fully saturated rings. The lowest BCUT2D eigenvalue weighted by Crippen LogP contribution is -2.29. The number of hydrogen-bond donors (Lipinski definition) is 3. The number of carbonyl (C=O) groups is 3. The van der Waals surface area contributed by atoms with Crippen molar-refractivity contribution >= 4 is 17.5 Å². The Labute approximate surface area is 133 Å². The zero-order valence-electron chi connectivity index (χ0n) is 12.7. The van der Waals surface area contributed by atoms with E-state index >= 15 is 0 Å². The number of rotatable bonds is 3. The van der Waals surface area contributed by atoms with Gasteiger partial charge in [0.2, 0.25) is 0 Å². The summed E-state index contributed by atoms with van der Waals surface area (Å²) in [5.74, 6) is 4.38. The highest BCUT2D eigenvalue weighted by atomic mass is 16.3. The maximum Gasteiger partial charge on any atom is 0.265 e. The highest BCUT2D eigenvalue weighted by molar-refractivity contribution is 5.96. The zero-order valence-corrected chi connectivity index (χ0v) is 12.7. The Morgan fingerprint density at radius 1 is 0.957 bits per heavy atom. The van der Waals surface area contributed by atoms with E-state index in [1.807, 2.05) is 5.43 Å². The number of phenols is 1. The lowest BCUT2D eigenvalue weighted by molar-refractivity contribution is 0.0951. The number of benzene rings is 1. The van der Waals surface area contributed by atoms with Gasteiger partial charge in [0.15, 0.2) is 11.6 Å². The molecule has 4 N–H and O–H groups in total. The van der Waals surface area contributed by atoms with Crippen molar-refractivity contribution in [2.24, 2.45) is 5.84 Å². The average molecular weight is 315 g/mol. The molecule has 0 unspecified atom stereocenters. The molecule has 2 aromatic rings. The van der Waals surface area contributed by atoms with Crippen LogP contribution >= 0.6 is 0 Å². The summed E-state index contributed by atoms with van der Waals surface area (Å²) in [4.78, 5) is 36.4. The van der Waals surface area contributed by atoms with Crippen LogP contribution in [0.2, 0.25) is 0 Å². The Balaban J connectivity index is 0.000000231. The number of ketones is 2. The van der Waals surface area contributed by atoms with Gasteiger partial charge in [-0.05, 0) is 36.4 Å². The summed E-state index contributed by atoms with van der Waals surface area (Å²) in [6.45, 7) is 2.85. The van der Waals surface area contributed by atoms with E-state index in [1.54, 1.807) is 18.2 Å². The fourth-order valence-corrected chi connectivity index (χ4v) is 1.52. The molecule has 0 saturated carbocycles. The molecule has 2 rings (SSSR count). The Morgan fingerprint density at radius 2 is 1.43 bits per heavy atom. The number of aromatic nitrogens is 1. The van der Waals surface area contributed by atoms with Crippen molar-refractivity contribution < 1.29 is 19.5 Å². The number of phenolic OH excluding ortho intramolecular Hbond substituents is 1. The molecular weight excluding hydrogens is 298 g/mol.